The number of ether oxygens (including phenoxy) is 1. The summed E-state index contributed by atoms with van der Waals surface area (Å²) in [4.78, 5) is 26.3. The number of halogens is 1. The van der Waals surface area contributed by atoms with E-state index in [1.165, 1.54) is 0 Å². The SMILES string of the molecule is CCCN(CC(=O)Nc1ccccc1OC)C(=O)C(C)C(C)N.Cl. The number of carbonyl (C=O) groups is 2. The van der Waals surface area contributed by atoms with Gasteiger partial charge in [0.2, 0.25) is 11.8 Å². The fourth-order valence-corrected chi connectivity index (χ4v) is 2.16. The third kappa shape index (κ3) is 6.37. The molecule has 7 heteroatoms. The predicted octanol–water partition coefficient (Wildman–Crippen LogP) is 2.28. The number of carbonyl (C=O) groups excluding carboxylic acids is 2. The number of anilines is 1. The van der Waals surface area contributed by atoms with Crippen LogP contribution in [0.2, 0.25) is 0 Å². The summed E-state index contributed by atoms with van der Waals surface area (Å²) in [6.07, 6.45) is 0.777. The average molecular weight is 358 g/mol. The van der Waals surface area contributed by atoms with E-state index in [-0.39, 0.29) is 42.7 Å². The summed E-state index contributed by atoms with van der Waals surface area (Å²) in [6, 6.07) is 6.91. The van der Waals surface area contributed by atoms with Crippen LogP contribution in [0.1, 0.15) is 27.2 Å². The highest BCUT2D eigenvalue weighted by atomic mass is 35.5. The van der Waals surface area contributed by atoms with Crippen LogP contribution in [0.15, 0.2) is 24.3 Å². The van der Waals surface area contributed by atoms with Gasteiger partial charge in [0.15, 0.2) is 0 Å². The second kappa shape index (κ2) is 10.9. The molecule has 0 spiro atoms. The average Bonchev–Trinajstić information content (AvgIpc) is 2.53. The maximum atomic E-state index is 12.4. The molecule has 0 radical (unpaired) electrons. The molecule has 0 aliphatic carbocycles. The Morgan fingerprint density at radius 1 is 1.29 bits per heavy atom. The molecular formula is C17H28ClN3O3. The summed E-state index contributed by atoms with van der Waals surface area (Å²) in [5, 5.41) is 2.78. The van der Waals surface area contributed by atoms with Crippen molar-refractivity contribution in [2.75, 3.05) is 25.5 Å². The summed E-state index contributed by atoms with van der Waals surface area (Å²) in [6.45, 7) is 6.07. The van der Waals surface area contributed by atoms with Crippen LogP contribution in [0.3, 0.4) is 0 Å². The minimum Gasteiger partial charge on any atom is -0.495 e. The standard InChI is InChI=1S/C17H27N3O3.ClH/c1-5-10-20(17(22)12(2)13(3)18)11-16(21)19-14-8-6-7-9-15(14)23-4;/h6-9,12-13H,5,10-11,18H2,1-4H3,(H,19,21);1H. The van der Waals surface area contributed by atoms with Crippen molar-refractivity contribution in [1.82, 2.24) is 4.90 Å². The number of rotatable bonds is 8. The smallest absolute Gasteiger partial charge is 0.244 e. The number of benzene rings is 1. The van der Waals surface area contributed by atoms with E-state index in [9.17, 15) is 9.59 Å². The van der Waals surface area contributed by atoms with Crippen LogP contribution in [0.25, 0.3) is 0 Å². The Labute approximate surface area is 150 Å². The second-order valence-electron chi connectivity index (χ2n) is 5.66. The molecule has 1 aromatic carbocycles. The molecule has 1 aromatic rings. The van der Waals surface area contributed by atoms with Gasteiger partial charge in [-0.25, -0.2) is 0 Å². The van der Waals surface area contributed by atoms with Gasteiger partial charge in [0.05, 0.1) is 25.3 Å². The molecule has 2 amide bonds. The minimum atomic E-state index is -0.319. The van der Waals surface area contributed by atoms with Crippen molar-refractivity contribution in [1.29, 1.82) is 0 Å². The van der Waals surface area contributed by atoms with E-state index in [1.54, 1.807) is 38.0 Å². The molecule has 1 rings (SSSR count). The molecule has 0 bridgehead atoms. The summed E-state index contributed by atoms with van der Waals surface area (Å²) in [7, 11) is 1.54. The van der Waals surface area contributed by atoms with Crippen LogP contribution in [-0.4, -0.2) is 43.0 Å². The van der Waals surface area contributed by atoms with Crippen molar-refractivity contribution in [2.45, 2.75) is 33.2 Å². The zero-order valence-electron chi connectivity index (χ0n) is 14.7. The van der Waals surface area contributed by atoms with E-state index in [4.69, 9.17) is 10.5 Å². The first-order valence-corrected chi connectivity index (χ1v) is 7.87. The molecule has 0 heterocycles. The number of nitrogens with one attached hydrogen (secondary N) is 1. The highest BCUT2D eigenvalue weighted by molar-refractivity contribution is 5.96. The zero-order chi connectivity index (χ0) is 17.4. The van der Waals surface area contributed by atoms with E-state index >= 15 is 0 Å². The molecule has 136 valence electrons. The number of nitrogens with two attached hydrogens (primary N) is 1. The molecule has 6 nitrogen and oxygen atoms in total. The maximum absolute atomic E-state index is 12.4. The number of hydrogen-bond acceptors (Lipinski definition) is 4. The van der Waals surface area contributed by atoms with E-state index in [2.05, 4.69) is 5.32 Å². The predicted molar refractivity (Wildman–Crippen MR) is 98.6 cm³/mol. The number of nitrogens with zero attached hydrogens (tertiary/aromatic N) is 1. The van der Waals surface area contributed by atoms with Crippen LogP contribution in [0.5, 0.6) is 5.75 Å². The second-order valence-corrected chi connectivity index (χ2v) is 5.66. The van der Waals surface area contributed by atoms with Crippen LogP contribution >= 0.6 is 12.4 Å². The molecule has 0 aliphatic heterocycles. The van der Waals surface area contributed by atoms with Crippen LogP contribution in [0.4, 0.5) is 5.69 Å². The zero-order valence-corrected chi connectivity index (χ0v) is 15.6. The lowest BCUT2D eigenvalue weighted by molar-refractivity contribution is -0.138. The summed E-state index contributed by atoms with van der Waals surface area (Å²) in [5.74, 6) is -0.0935. The van der Waals surface area contributed by atoms with E-state index in [1.807, 2.05) is 19.1 Å². The van der Waals surface area contributed by atoms with Gasteiger partial charge in [0, 0.05) is 12.6 Å². The lowest BCUT2D eigenvalue weighted by atomic mass is 10.0. The van der Waals surface area contributed by atoms with Crippen LogP contribution in [-0.2, 0) is 9.59 Å². The Kier molecular flexibility index (Phi) is 10.1. The normalized spacial score (nSPS) is 12.5. The van der Waals surface area contributed by atoms with Gasteiger partial charge in [0.1, 0.15) is 5.75 Å². The topological polar surface area (TPSA) is 84.7 Å². The Balaban J connectivity index is 0.00000529. The van der Waals surface area contributed by atoms with Crippen molar-refractivity contribution in [3.05, 3.63) is 24.3 Å². The first kappa shape index (κ1) is 22.2. The minimum absolute atomic E-state index is 0. The van der Waals surface area contributed by atoms with Crippen molar-refractivity contribution in [3.63, 3.8) is 0 Å². The largest absolute Gasteiger partial charge is 0.495 e. The fourth-order valence-electron chi connectivity index (χ4n) is 2.16. The Morgan fingerprint density at radius 2 is 1.92 bits per heavy atom. The number of amides is 2. The van der Waals surface area contributed by atoms with Crippen LogP contribution < -0.4 is 15.8 Å². The van der Waals surface area contributed by atoms with Gasteiger partial charge in [-0.15, -0.1) is 12.4 Å². The summed E-state index contributed by atoms with van der Waals surface area (Å²) >= 11 is 0. The first-order chi connectivity index (χ1) is 10.9. The Bertz CT molecular complexity index is 538. The van der Waals surface area contributed by atoms with Gasteiger partial charge in [-0.2, -0.15) is 0 Å². The summed E-state index contributed by atoms with van der Waals surface area (Å²) in [5.41, 5.74) is 6.39. The lowest BCUT2D eigenvalue weighted by Gasteiger charge is -2.26. The van der Waals surface area contributed by atoms with Crippen molar-refractivity contribution in [2.24, 2.45) is 11.7 Å². The molecule has 0 saturated carbocycles. The number of methoxy groups -OCH3 is 1. The van der Waals surface area contributed by atoms with Gasteiger partial charge >= 0.3 is 0 Å². The third-order valence-electron chi connectivity index (χ3n) is 3.70. The van der Waals surface area contributed by atoms with Gasteiger partial charge < -0.3 is 20.7 Å². The van der Waals surface area contributed by atoms with E-state index < -0.39 is 0 Å². The Morgan fingerprint density at radius 3 is 2.46 bits per heavy atom. The molecule has 0 saturated heterocycles. The molecule has 0 aromatic heterocycles. The first-order valence-electron chi connectivity index (χ1n) is 7.87. The quantitative estimate of drug-likeness (QED) is 0.747. The molecule has 24 heavy (non-hydrogen) atoms. The molecule has 0 fully saturated rings. The maximum Gasteiger partial charge on any atom is 0.244 e. The van der Waals surface area contributed by atoms with Crippen LogP contribution in [0, 0.1) is 5.92 Å². The van der Waals surface area contributed by atoms with E-state index in [0.29, 0.717) is 18.0 Å². The van der Waals surface area contributed by atoms with Crippen molar-refractivity contribution >= 4 is 29.9 Å². The molecular weight excluding hydrogens is 330 g/mol. The van der Waals surface area contributed by atoms with Gasteiger partial charge in [-0.05, 0) is 25.5 Å². The summed E-state index contributed by atoms with van der Waals surface area (Å²) < 4.78 is 5.20. The van der Waals surface area contributed by atoms with Gasteiger partial charge in [0.25, 0.3) is 0 Å². The van der Waals surface area contributed by atoms with Gasteiger partial charge in [-0.3, -0.25) is 9.59 Å². The highest BCUT2D eigenvalue weighted by Crippen LogP contribution is 2.22. The fraction of sp³-hybridized carbons (Fsp3) is 0.529. The van der Waals surface area contributed by atoms with Crippen molar-refractivity contribution in [3.8, 4) is 5.75 Å². The number of hydrogen-bond donors (Lipinski definition) is 2. The van der Waals surface area contributed by atoms with Crippen molar-refractivity contribution < 1.29 is 14.3 Å². The molecule has 3 N–H and O–H groups in total. The molecule has 0 aliphatic rings. The van der Waals surface area contributed by atoms with Gasteiger partial charge in [-0.1, -0.05) is 26.0 Å². The monoisotopic (exact) mass is 357 g/mol. The molecule has 2 unspecified atom stereocenters. The lowest BCUT2D eigenvalue weighted by Crippen LogP contribution is -2.45. The molecule has 2 atom stereocenters. The van der Waals surface area contributed by atoms with E-state index in [0.717, 1.165) is 6.42 Å². The third-order valence-corrected chi connectivity index (χ3v) is 3.70. The Hall–Kier alpha value is -1.79. The number of para-hydroxylation sites is 2. The highest BCUT2D eigenvalue weighted by Gasteiger charge is 2.24.